The van der Waals surface area contributed by atoms with Crippen LogP contribution in [0.3, 0.4) is 0 Å². The van der Waals surface area contributed by atoms with E-state index in [1.807, 2.05) is 24.3 Å². The summed E-state index contributed by atoms with van der Waals surface area (Å²) in [5, 5.41) is 19.1. The number of nitrogens with zero attached hydrogens (tertiary/aromatic N) is 2. The number of benzene rings is 2. The Kier molecular flexibility index (Phi) is 4.37. The Balaban J connectivity index is 1.44. The molecule has 5 heteroatoms. The molecule has 6 rings (SSSR count). The van der Waals surface area contributed by atoms with Gasteiger partial charge in [0, 0.05) is 31.1 Å². The molecule has 0 unspecified atom stereocenters. The van der Waals surface area contributed by atoms with Crippen molar-refractivity contribution in [2.24, 2.45) is 5.92 Å². The fraction of sp³-hybridized carbons (Fsp3) is 0.435. The number of rotatable bonds is 4. The molecule has 0 radical (unpaired) electrons. The number of aromatic hydroxyl groups is 1. The fourth-order valence-corrected chi connectivity index (χ4v) is 5.76. The van der Waals surface area contributed by atoms with Gasteiger partial charge in [0.25, 0.3) is 0 Å². The van der Waals surface area contributed by atoms with E-state index < -0.39 is 5.97 Å². The molecule has 2 aromatic rings. The number of phenols is 1. The van der Waals surface area contributed by atoms with E-state index >= 15 is 0 Å². The number of fused-ring (bicyclic) bond motifs is 2. The van der Waals surface area contributed by atoms with Crippen LogP contribution in [-0.2, 0) is 6.54 Å². The van der Waals surface area contributed by atoms with Crippen molar-refractivity contribution in [2.45, 2.75) is 37.4 Å². The molecule has 4 heterocycles. The highest BCUT2D eigenvalue weighted by molar-refractivity contribution is 5.87. The summed E-state index contributed by atoms with van der Waals surface area (Å²) in [6.45, 7) is 4.19. The molecule has 4 fully saturated rings. The molecular formula is C23H26N2O3. The highest BCUT2D eigenvalue weighted by Gasteiger charge is 2.53. The number of hydrogen-bond acceptors (Lipinski definition) is 4. The van der Waals surface area contributed by atoms with Crippen molar-refractivity contribution < 1.29 is 15.0 Å². The zero-order valence-electron chi connectivity index (χ0n) is 15.9. The molecule has 2 aromatic carbocycles. The SMILES string of the molecule is O=C(O)c1ccc(CN2C[C@@H](c3cccc(O)c3)[C@@H]3[C@H]2C2CCN3CC2)cc1. The molecule has 4 aliphatic heterocycles. The Hall–Kier alpha value is -2.37. The topological polar surface area (TPSA) is 64.0 Å². The molecule has 2 N–H and O–H groups in total. The van der Waals surface area contributed by atoms with E-state index in [1.54, 1.807) is 18.2 Å². The van der Waals surface area contributed by atoms with Crippen LogP contribution in [0.15, 0.2) is 48.5 Å². The summed E-state index contributed by atoms with van der Waals surface area (Å²) in [4.78, 5) is 16.4. The van der Waals surface area contributed by atoms with Crippen molar-refractivity contribution in [2.75, 3.05) is 19.6 Å². The van der Waals surface area contributed by atoms with Gasteiger partial charge < -0.3 is 10.2 Å². The Bertz CT molecular complexity index is 874. The number of aromatic carboxylic acids is 1. The fourth-order valence-electron chi connectivity index (χ4n) is 5.76. The maximum Gasteiger partial charge on any atom is 0.335 e. The van der Waals surface area contributed by atoms with Crippen molar-refractivity contribution in [3.05, 3.63) is 65.2 Å². The van der Waals surface area contributed by atoms with E-state index in [0.29, 0.717) is 29.3 Å². The zero-order valence-corrected chi connectivity index (χ0v) is 15.9. The molecule has 0 aromatic heterocycles. The second-order valence-corrected chi connectivity index (χ2v) is 8.49. The lowest BCUT2D eigenvalue weighted by Gasteiger charge is -2.51. The largest absolute Gasteiger partial charge is 0.508 e. The van der Waals surface area contributed by atoms with Gasteiger partial charge in [0.15, 0.2) is 0 Å². The molecule has 5 nitrogen and oxygen atoms in total. The van der Waals surface area contributed by atoms with Crippen molar-refractivity contribution >= 4 is 5.97 Å². The van der Waals surface area contributed by atoms with Gasteiger partial charge >= 0.3 is 5.97 Å². The van der Waals surface area contributed by atoms with E-state index in [2.05, 4.69) is 15.9 Å². The van der Waals surface area contributed by atoms with Crippen molar-refractivity contribution in [3.63, 3.8) is 0 Å². The number of carbonyl (C=O) groups is 1. The van der Waals surface area contributed by atoms with Crippen molar-refractivity contribution in [1.29, 1.82) is 0 Å². The zero-order chi connectivity index (χ0) is 19.3. The first-order chi connectivity index (χ1) is 13.6. The third-order valence-corrected chi connectivity index (χ3v) is 6.98. The van der Waals surface area contributed by atoms with Gasteiger partial charge in [-0.3, -0.25) is 9.80 Å². The predicted molar refractivity (Wildman–Crippen MR) is 107 cm³/mol. The molecular weight excluding hydrogens is 352 g/mol. The van der Waals surface area contributed by atoms with Crippen LogP contribution in [0.2, 0.25) is 0 Å². The third-order valence-electron chi connectivity index (χ3n) is 6.98. The summed E-state index contributed by atoms with van der Waals surface area (Å²) < 4.78 is 0. The predicted octanol–water partition coefficient (Wildman–Crippen LogP) is 3.15. The summed E-state index contributed by atoms with van der Waals surface area (Å²) in [6, 6.07) is 16.1. The summed E-state index contributed by atoms with van der Waals surface area (Å²) in [6.07, 6.45) is 2.53. The van der Waals surface area contributed by atoms with Gasteiger partial charge in [-0.2, -0.15) is 0 Å². The van der Waals surface area contributed by atoms with E-state index in [4.69, 9.17) is 5.11 Å². The molecule has 0 aliphatic carbocycles. The van der Waals surface area contributed by atoms with Gasteiger partial charge in [-0.15, -0.1) is 0 Å². The molecule has 146 valence electrons. The first-order valence-electron chi connectivity index (χ1n) is 10.2. The van der Waals surface area contributed by atoms with E-state index in [-0.39, 0.29) is 0 Å². The van der Waals surface area contributed by atoms with Crippen LogP contribution in [-0.4, -0.2) is 57.7 Å². The number of likely N-dealkylation sites (tertiary alicyclic amines) is 1. The van der Waals surface area contributed by atoms with Crippen molar-refractivity contribution in [3.8, 4) is 5.75 Å². The highest BCUT2D eigenvalue weighted by Crippen LogP contribution is 2.47. The number of phenolic OH excluding ortho intramolecular Hbond substituents is 1. The maximum atomic E-state index is 11.1. The van der Waals surface area contributed by atoms with Crippen LogP contribution in [0.1, 0.15) is 40.2 Å². The lowest BCUT2D eigenvalue weighted by atomic mass is 9.75. The summed E-state index contributed by atoms with van der Waals surface area (Å²) >= 11 is 0. The van der Waals surface area contributed by atoms with Gasteiger partial charge in [-0.1, -0.05) is 24.3 Å². The smallest absolute Gasteiger partial charge is 0.335 e. The number of carboxylic acids is 1. The Morgan fingerprint density at radius 3 is 2.46 bits per heavy atom. The Labute approximate surface area is 165 Å². The minimum absolute atomic E-state index is 0.337. The lowest BCUT2D eigenvalue weighted by Crippen LogP contribution is -2.59. The van der Waals surface area contributed by atoms with Gasteiger partial charge in [0.1, 0.15) is 5.75 Å². The van der Waals surface area contributed by atoms with Crippen LogP contribution in [0.5, 0.6) is 5.75 Å². The van der Waals surface area contributed by atoms with Crippen LogP contribution in [0, 0.1) is 5.92 Å². The minimum atomic E-state index is -0.880. The third kappa shape index (κ3) is 2.99. The highest BCUT2D eigenvalue weighted by atomic mass is 16.4. The molecule has 0 amide bonds. The van der Waals surface area contributed by atoms with Crippen molar-refractivity contribution in [1.82, 2.24) is 9.80 Å². The van der Waals surface area contributed by atoms with Gasteiger partial charge in [0.2, 0.25) is 0 Å². The van der Waals surface area contributed by atoms with Crippen LogP contribution < -0.4 is 0 Å². The first-order valence-corrected chi connectivity index (χ1v) is 10.2. The molecule has 4 aliphatic rings. The van der Waals surface area contributed by atoms with E-state index in [0.717, 1.165) is 24.6 Å². The summed E-state index contributed by atoms with van der Waals surface area (Å²) in [5.74, 6) is 0.593. The van der Waals surface area contributed by atoms with Crippen LogP contribution in [0.25, 0.3) is 0 Å². The standard InChI is InChI=1S/C23H26N2O3/c26-19-3-1-2-18(12-19)20-14-25(13-15-4-6-17(7-5-15)23(27)28)21-16-8-10-24(11-9-16)22(20)21/h1-7,12,16,20-22,26H,8-11,13-14H2,(H,27,28)/t20-,21+,22+/m0/s1. The van der Waals surface area contributed by atoms with Gasteiger partial charge in [-0.25, -0.2) is 4.79 Å². The van der Waals surface area contributed by atoms with Gasteiger partial charge in [0.05, 0.1) is 5.56 Å². The average Bonchev–Trinajstić information content (AvgIpc) is 3.11. The first kappa shape index (κ1) is 17.7. The summed E-state index contributed by atoms with van der Waals surface area (Å²) in [5.41, 5.74) is 2.73. The second-order valence-electron chi connectivity index (χ2n) is 8.49. The Morgan fingerprint density at radius 2 is 1.79 bits per heavy atom. The molecule has 0 spiro atoms. The molecule has 0 saturated carbocycles. The normalized spacial score (nSPS) is 31.6. The average molecular weight is 378 g/mol. The minimum Gasteiger partial charge on any atom is -0.508 e. The van der Waals surface area contributed by atoms with E-state index in [9.17, 15) is 9.90 Å². The Morgan fingerprint density at radius 1 is 1.04 bits per heavy atom. The molecule has 28 heavy (non-hydrogen) atoms. The van der Waals surface area contributed by atoms with E-state index in [1.165, 1.54) is 31.5 Å². The van der Waals surface area contributed by atoms with Gasteiger partial charge in [-0.05, 0) is 67.2 Å². The van der Waals surface area contributed by atoms with Crippen LogP contribution in [0.4, 0.5) is 0 Å². The van der Waals surface area contributed by atoms with Crippen LogP contribution >= 0.6 is 0 Å². The maximum absolute atomic E-state index is 11.1. The molecule has 4 saturated heterocycles. The second kappa shape index (κ2) is 6.90. The number of carboxylic acid groups (broad SMARTS) is 1. The molecule has 3 atom stereocenters. The number of hydrogen-bond donors (Lipinski definition) is 2. The molecule has 2 bridgehead atoms. The number of piperidine rings is 3. The lowest BCUT2D eigenvalue weighted by molar-refractivity contribution is -0.00869. The monoisotopic (exact) mass is 378 g/mol. The quantitative estimate of drug-likeness (QED) is 0.856. The summed E-state index contributed by atoms with van der Waals surface area (Å²) in [7, 11) is 0.